The van der Waals surface area contributed by atoms with Crippen molar-refractivity contribution in [2.75, 3.05) is 20.3 Å². The summed E-state index contributed by atoms with van der Waals surface area (Å²) < 4.78 is 4.96. The van der Waals surface area contributed by atoms with Crippen LogP contribution in [0.5, 0.6) is 0 Å². The van der Waals surface area contributed by atoms with Gasteiger partial charge in [0.1, 0.15) is 0 Å². The van der Waals surface area contributed by atoms with Gasteiger partial charge in [-0.1, -0.05) is 19.8 Å². The van der Waals surface area contributed by atoms with E-state index < -0.39 is 0 Å². The summed E-state index contributed by atoms with van der Waals surface area (Å²) in [5, 5.41) is 12.0. The average molecular weight is 243 g/mol. The van der Waals surface area contributed by atoms with Gasteiger partial charge in [-0.3, -0.25) is 4.79 Å². The van der Waals surface area contributed by atoms with Crippen LogP contribution in [0.25, 0.3) is 0 Å². The molecule has 3 unspecified atom stereocenters. The molecule has 1 aliphatic carbocycles. The fourth-order valence-electron chi connectivity index (χ4n) is 2.75. The molecule has 0 saturated heterocycles. The van der Waals surface area contributed by atoms with E-state index in [4.69, 9.17) is 9.84 Å². The molecule has 0 radical (unpaired) electrons. The van der Waals surface area contributed by atoms with Gasteiger partial charge in [-0.25, -0.2) is 0 Å². The highest BCUT2D eigenvalue weighted by Crippen LogP contribution is 2.35. The maximum Gasteiger partial charge on any atom is 0.223 e. The van der Waals surface area contributed by atoms with Crippen LogP contribution in [0.4, 0.5) is 0 Å². The molecule has 0 aromatic heterocycles. The Bertz CT molecular complexity index is 233. The molecule has 0 aromatic rings. The Morgan fingerprint density at radius 2 is 2.29 bits per heavy atom. The zero-order valence-electron chi connectivity index (χ0n) is 10.9. The summed E-state index contributed by atoms with van der Waals surface area (Å²) in [4.78, 5) is 12.1. The third-order valence-electron chi connectivity index (χ3n) is 3.59. The first-order valence-corrected chi connectivity index (χ1v) is 6.63. The molecule has 3 atom stereocenters. The lowest BCUT2D eigenvalue weighted by molar-refractivity contribution is -0.127. The van der Waals surface area contributed by atoms with E-state index >= 15 is 0 Å². The molecule has 100 valence electrons. The summed E-state index contributed by atoms with van der Waals surface area (Å²) in [5.41, 5.74) is 0. The molecule has 0 spiro atoms. The standard InChI is InChI=1S/C13H25NO3/c1-3-5-10-6-4-7-12(10)13(16)14-11(8-15)9-17-2/h10-12,15H,3-9H2,1-2H3,(H,14,16). The number of hydrogen-bond acceptors (Lipinski definition) is 3. The molecule has 0 heterocycles. The van der Waals surface area contributed by atoms with Crippen molar-refractivity contribution in [2.45, 2.75) is 45.1 Å². The molecule has 1 saturated carbocycles. The van der Waals surface area contributed by atoms with Crippen LogP contribution in [0, 0.1) is 11.8 Å². The number of carbonyl (C=O) groups excluding carboxylic acids is 1. The number of aliphatic hydroxyl groups excluding tert-OH is 1. The zero-order chi connectivity index (χ0) is 12.7. The molecule has 4 nitrogen and oxygen atoms in total. The fraction of sp³-hybridized carbons (Fsp3) is 0.923. The van der Waals surface area contributed by atoms with E-state index in [9.17, 15) is 4.79 Å². The lowest BCUT2D eigenvalue weighted by Crippen LogP contribution is -2.44. The molecule has 1 fully saturated rings. The number of rotatable bonds is 7. The van der Waals surface area contributed by atoms with Gasteiger partial charge >= 0.3 is 0 Å². The third-order valence-corrected chi connectivity index (χ3v) is 3.59. The Morgan fingerprint density at radius 1 is 1.53 bits per heavy atom. The second kappa shape index (κ2) is 7.67. The summed E-state index contributed by atoms with van der Waals surface area (Å²) in [5.74, 6) is 0.764. The van der Waals surface area contributed by atoms with Crippen LogP contribution >= 0.6 is 0 Å². The molecule has 0 aliphatic heterocycles. The summed E-state index contributed by atoms with van der Waals surface area (Å²) in [6.07, 6.45) is 5.57. The van der Waals surface area contributed by atoms with Crippen LogP contribution in [-0.4, -0.2) is 37.4 Å². The first-order valence-electron chi connectivity index (χ1n) is 6.63. The fourth-order valence-corrected chi connectivity index (χ4v) is 2.75. The summed E-state index contributed by atoms with van der Waals surface area (Å²) in [6.45, 7) is 2.47. The van der Waals surface area contributed by atoms with Crippen molar-refractivity contribution in [3.05, 3.63) is 0 Å². The van der Waals surface area contributed by atoms with Crippen molar-refractivity contribution < 1.29 is 14.6 Å². The number of nitrogens with one attached hydrogen (secondary N) is 1. The quantitative estimate of drug-likeness (QED) is 0.709. The highest BCUT2D eigenvalue weighted by molar-refractivity contribution is 5.79. The minimum absolute atomic E-state index is 0.0647. The number of amides is 1. The lowest BCUT2D eigenvalue weighted by Gasteiger charge is -2.22. The minimum Gasteiger partial charge on any atom is -0.394 e. The summed E-state index contributed by atoms with van der Waals surface area (Å²) in [6, 6.07) is -0.268. The van der Waals surface area contributed by atoms with Crippen LogP contribution in [0.1, 0.15) is 39.0 Å². The van der Waals surface area contributed by atoms with Crippen molar-refractivity contribution in [1.82, 2.24) is 5.32 Å². The maximum absolute atomic E-state index is 12.1. The van der Waals surface area contributed by atoms with Gasteiger partial charge in [-0.15, -0.1) is 0 Å². The largest absolute Gasteiger partial charge is 0.394 e. The zero-order valence-corrected chi connectivity index (χ0v) is 10.9. The second-order valence-corrected chi connectivity index (χ2v) is 4.93. The normalized spacial score (nSPS) is 25.8. The monoisotopic (exact) mass is 243 g/mol. The number of ether oxygens (including phenoxy) is 1. The van der Waals surface area contributed by atoms with Gasteiger partial charge in [-0.05, 0) is 25.2 Å². The van der Waals surface area contributed by atoms with Crippen molar-refractivity contribution >= 4 is 5.91 Å². The highest BCUT2D eigenvalue weighted by atomic mass is 16.5. The molecule has 1 aliphatic rings. The van der Waals surface area contributed by atoms with Crippen LogP contribution in [-0.2, 0) is 9.53 Å². The predicted octanol–water partition coefficient (Wildman–Crippen LogP) is 1.33. The highest BCUT2D eigenvalue weighted by Gasteiger charge is 2.32. The van der Waals surface area contributed by atoms with E-state index in [-0.39, 0.29) is 24.5 Å². The predicted molar refractivity (Wildman–Crippen MR) is 66.6 cm³/mol. The molecule has 0 bridgehead atoms. The molecular formula is C13H25NO3. The Balaban J connectivity index is 2.44. The van der Waals surface area contributed by atoms with E-state index in [1.807, 2.05) is 0 Å². The van der Waals surface area contributed by atoms with Crippen molar-refractivity contribution in [2.24, 2.45) is 11.8 Å². The number of carbonyl (C=O) groups is 1. The van der Waals surface area contributed by atoms with Gasteiger partial charge in [0.15, 0.2) is 0 Å². The molecule has 1 rings (SSSR count). The van der Waals surface area contributed by atoms with Gasteiger partial charge in [0.2, 0.25) is 5.91 Å². The molecule has 0 aromatic carbocycles. The maximum atomic E-state index is 12.1. The van der Waals surface area contributed by atoms with Gasteiger partial charge in [0, 0.05) is 13.0 Å². The topological polar surface area (TPSA) is 58.6 Å². The molecule has 2 N–H and O–H groups in total. The summed E-state index contributed by atoms with van der Waals surface area (Å²) >= 11 is 0. The molecule has 1 amide bonds. The molecular weight excluding hydrogens is 218 g/mol. The van der Waals surface area contributed by atoms with Gasteiger partial charge in [0.25, 0.3) is 0 Å². The van der Waals surface area contributed by atoms with E-state index in [2.05, 4.69) is 12.2 Å². The number of hydrogen-bond donors (Lipinski definition) is 2. The van der Waals surface area contributed by atoms with E-state index in [1.165, 1.54) is 6.42 Å². The first-order chi connectivity index (χ1) is 8.22. The summed E-state index contributed by atoms with van der Waals surface area (Å²) in [7, 11) is 1.57. The SMILES string of the molecule is CCCC1CCCC1C(=O)NC(CO)COC. The minimum atomic E-state index is -0.268. The van der Waals surface area contributed by atoms with E-state index in [1.54, 1.807) is 7.11 Å². The lowest BCUT2D eigenvalue weighted by atomic mass is 9.91. The van der Waals surface area contributed by atoms with Gasteiger partial charge in [0.05, 0.1) is 19.3 Å². The Labute approximate surface area is 104 Å². The molecule has 4 heteroatoms. The number of aliphatic hydroxyl groups is 1. The average Bonchev–Trinajstić information content (AvgIpc) is 2.77. The van der Waals surface area contributed by atoms with Crippen LogP contribution < -0.4 is 5.32 Å². The smallest absolute Gasteiger partial charge is 0.223 e. The van der Waals surface area contributed by atoms with Crippen molar-refractivity contribution in [1.29, 1.82) is 0 Å². The number of methoxy groups -OCH3 is 1. The van der Waals surface area contributed by atoms with Crippen LogP contribution in [0.15, 0.2) is 0 Å². The third kappa shape index (κ3) is 4.28. The molecule has 17 heavy (non-hydrogen) atoms. The van der Waals surface area contributed by atoms with Crippen LogP contribution in [0.3, 0.4) is 0 Å². The second-order valence-electron chi connectivity index (χ2n) is 4.93. The van der Waals surface area contributed by atoms with E-state index in [0.29, 0.717) is 12.5 Å². The van der Waals surface area contributed by atoms with Crippen LogP contribution in [0.2, 0.25) is 0 Å². The van der Waals surface area contributed by atoms with Gasteiger partial charge in [-0.2, -0.15) is 0 Å². The Morgan fingerprint density at radius 3 is 2.88 bits per heavy atom. The van der Waals surface area contributed by atoms with Crippen molar-refractivity contribution in [3.8, 4) is 0 Å². The van der Waals surface area contributed by atoms with Crippen molar-refractivity contribution in [3.63, 3.8) is 0 Å². The van der Waals surface area contributed by atoms with E-state index in [0.717, 1.165) is 25.7 Å². The Hall–Kier alpha value is -0.610. The Kier molecular flexibility index (Phi) is 6.52. The first kappa shape index (κ1) is 14.5. The van der Waals surface area contributed by atoms with Gasteiger partial charge < -0.3 is 15.2 Å².